The summed E-state index contributed by atoms with van der Waals surface area (Å²) in [5.74, 6) is 0.781. The Bertz CT molecular complexity index is 137. The lowest BCUT2D eigenvalue weighted by molar-refractivity contribution is 0.0487. The Kier molecular flexibility index (Phi) is 5.66. The van der Waals surface area contributed by atoms with Crippen molar-refractivity contribution >= 4 is 0 Å². The van der Waals surface area contributed by atoms with Crippen LogP contribution in [0.2, 0.25) is 0 Å². The number of hydrogen-bond acceptors (Lipinski definition) is 2. The highest BCUT2D eigenvalue weighted by Crippen LogP contribution is 2.18. The number of hydrogen-bond donors (Lipinski definition) is 0. The highest BCUT2D eigenvalue weighted by Gasteiger charge is 2.12. The summed E-state index contributed by atoms with van der Waals surface area (Å²) in [5, 5.41) is 0. The zero-order chi connectivity index (χ0) is 9.36. The second-order valence-corrected chi connectivity index (χ2v) is 3.57. The van der Waals surface area contributed by atoms with Crippen LogP contribution in [0.5, 0.6) is 0 Å². The molecule has 1 aliphatic rings. The molecule has 0 aliphatic carbocycles. The van der Waals surface area contributed by atoms with Crippen molar-refractivity contribution in [3.8, 4) is 0 Å². The Labute approximate surface area is 80.9 Å². The molecular weight excluding hydrogens is 164 g/mol. The van der Waals surface area contributed by atoms with Gasteiger partial charge in [0.1, 0.15) is 0 Å². The van der Waals surface area contributed by atoms with E-state index in [1.165, 1.54) is 19.3 Å². The molecule has 0 amide bonds. The zero-order valence-electron chi connectivity index (χ0n) is 8.50. The van der Waals surface area contributed by atoms with Gasteiger partial charge >= 0.3 is 0 Å². The van der Waals surface area contributed by atoms with Crippen molar-refractivity contribution in [1.29, 1.82) is 0 Å². The van der Waals surface area contributed by atoms with E-state index >= 15 is 0 Å². The van der Waals surface area contributed by atoms with Crippen LogP contribution in [-0.2, 0) is 9.47 Å². The van der Waals surface area contributed by atoms with Crippen LogP contribution in [0.4, 0.5) is 0 Å². The molecule has 1 fully saturated rings. The Morgan fingerprint density at radius 2 is 2.46 bits per heavy atom. The summed E-state index contributed by atoms with van der Waals surface area (Å²) in [5.41, 5.74) is 0. The smallest absolute Gasteiger partial charge is 0.0873 e. The molecule has 76 valence electrons. The predicted molar refractivity (Wildman–Crippen MR) is 53.5 cm³/mol. The van der Waals surface area contributed by atoms with E-state index in [-0.39, 0.29) is 0 Å². The standard InChI is InChI=1S/C11H20O2/c1-2-7-12-8-3-5-11-6-4-9-13-10-11/h2,7,11H,3-6,8-10H2,1H3/b7-2+. The van der Waals surface area contributed by atoms with Gasteiger partial charge in [-0.25, -0.2) is 0 Å². The second kappa shape index (κ2) is 6.96. The molecule has 0 aromatic rings. The minimum absolute atomic E-state index is 0.781. The molecule has 13 heavy (non-hydrogen) atoms. The van der Waals surface area contributed by atoms with Crippen LogP contribution in [0, 0.1) is 5.92 Å². The van der Waals surface area contributed by atoms with Crippen LogP contribution in [0.25, 0.3) is 0 Å². The fourth-order valence-corrected chi connectivity index (χ4v) is 1.65. The van der Waals surface area contributed by atoms with Crippen molar-refractivity contribution in [2.24, 2.45) is 5.92 Å². The Morgan fingerprint density at radius 1 is 1.54 bits per heavy atom. The largest absolute Gasteiger partial charge is 0.502 e. The lowest BCUT2D eigenvalue weighted by Gasteiger charge is -2.21. The normalized spacial score (nSPS) is 23.6. The van der Waals surface area contributed by atoms with E-state index in [1.807, 2.05) is 13.0 Å². The topological polar surface area (TPSA) is 18.5 Å². The van der Waals surface area contributed by atoms with Gasteiger partial charge in [-0.3, -0.25) is 0 Å². The molecule has 0 bridgehead atoms. The maximum atomic E-state index is 5.41. The molecule has 0 aromatic carbocycles. The zero-order valence-corrected chi connectivity index (χ0v) is 8.50. The summed E-state index contributed by atoms with van der Waals surface area (Å²) in [6, 6.07) is 0. The first kappa shape index (κ1) is 10.6. The number of ether oxygens (including phenoxy) is 2. The Morgan fingerprint density at radius 3 is 3.15 bits per heavy atom. The molecular formula is C11H20O2. The molecule has 0 aromatic heterocycles. The molecule has 0 spiro atoms. The van der Waals surface area contributed by atoms with Gasteiger partial charge in [-0.1, -0.05) is 6.08 Å². The Balaban J connectivity index is 1.92. The fraction of sp³-hybridized carbons (Fsp3) is 0.818. The second-order valence-electron chi connectivity index (χ2n) is 3.57. The minimum atomic E-state index is 0.781. The minimum Gasteiger partial charge on any atom is -0.502 e. The quantitative estimate of drug-likeness (QED) is 0.483. The first-order chi connectivity index (χ1) is 6.43. The molecule has 1 rings (SSSR count). The van der Waals surface area contributed by atoms with E-state index in [2.05, 4.69) is 0 Å². The van der Waals surface area contributed by atoms with Crippen molar-refractivity contribution in [2.45, 2.75) is 32.6 Å². The van der Waals surface area contributed by atoms with Gasteiger partial charge in [0.15, 0.2) is 0 Å². The van der Waals surface area contributed by atoms with Crippen LogP contribution < -0.4 is 0 Å². The number of rotatable bonds is 5. The van der Waals surface area contributed by atoms with Gasteiger partial charge in [0.05, 0.1) is 12.9 Å². The summed E-state index contributed by atoms with van der Waals surface area (Å²) in [4.78, 5) is 0. The van der Waals surface area contributed by atoms with E-state index in [9.17, 15) is 0 Å². The van der Waals surface area contributed by atoms with Crippen molar-refractivity contribution in [3.05, 3.63) is 12.3 Å². The van der Waals surface area contributed by atoms with Crippen LogP contribution >= 0.6 is 0 Å². The van der Waals surface area contributed by atoms with Gasteiger partial charge in [-0.2, -0.15) is 0 Å². The summed E-state index contributed by atoms with van der Waals surface area (Å²) in [6.45, 7) is 4.74. The third kappa shape index (κ3) is 4.94. The predicted octanol–water partition coefficient (Wildman–Crippen LogP) is 2.74. The lowest BCUT2D eigenvalue weighted by atomic mass is 9.97. The summed E-state index contributed by atoms with van der Waals surface area (Å²) in [7, 11) is 0. The van der Waals surface area contributed by atoms with E-state index in [1.54, 1.807) is 6.26 Å². The monoisotopic (exact) mass is 184 g/mol. The highest BCUT2D eigenvalue weighted by molar-refractivity contribution is 4.66. The van der Waals surface area contributed by atoms with Crippen molar-refractivity contribution in [1.82, 2.24) is 0 Å². The maximum absolute atomic E-state index is 5.41. The first-order valence-corrected chi connectivity index (χ1v) is 5.24. The summed E-state index contributed by atoms with van der Waals surface area (Å²) in [6.07, 6.45) is 8.65. The van der Waals surface area contributed by atoms with Crippen LogP contribution in [0.3, 0.4) is 0 Å². The van der Waals surface area contributed by atoms with Gasteiger partial charge in [-0.15, -0.1) is 0 Å². The molecule has 1 unspecified atom stereocenters. The van der Waals surface area contributed by atoms with Gasteiger partial charge in [0, 0.05) is 13.2 Å². The third-order valence-corrected chi connectivity index (χ3v) is 2.36. The molecule has 1 atom stereocenters. The molecule has 1 saturated heterocycles. The highest BCUT2D eigenvalue weighted by atomic mass is 16.5. The van der Waals surface area contributed by atoms with Crippen molar-refractivity contribution < 1.29 is 9.47 Å². The van der Waals surface area contributed by atoms with Crippen LogP contribution in [-0.4, -0.2) is 19.8 Å². The summed E-state index contributed by atoms with van der Waals surface area (Å²) < 4.78 is 10.7. The van der Waals surface area contributed by atoms with Gasteiger partial charge < -0.3 is 9.47 Å². The SMILES string of the molecule is C/C=C/OCCCC1CCCOC1. The van der Waals surface area contributed by atoms with Crippen molar-refractivity contribution in [3.63, 3.8) is 0 Å². The van der Waals surface area contributed by atoms with E-state index in [0.29, 0.717) is 0 Å². The molecule has 1 aliphatic heterocycles. The van der Waals surface area contributed by atoms with E-state index in [0.717, 1.165) is 32.2 Å². The molecule has 0 N–H and O–H groups in total. The maximum Gasteiger partial charge on any atom is 0.0873 e. The van der Waals surface area contributed by atoms with E-state index in [4.69, 9.17) is 9.47 Å². The van der Waals surface area contributed by atoms with Gasteiger partial charge in [0.25, 0.3) is 0 Å². The Hall–Kier alpha value is -0.500. The van der Waals surface area contributed by atoms with E-state index < -0.39 is 0 Å². The molecule has 1 heterocycles. The van der Waals surface area contributed by atoms with Crippen LogP contribution in [0.1, 0.15) is 32.6 Å². The molecule has 2 heteroatoms. The molecule has 0 saturated carbocycles. The summed E-state index contributed by atoms with van der Waals surface area (Å²) >= 11 is 0. The fourth-order valence-electron chi connectivity index (χ4n) is 1.65. The van der Waals surface area contributed by atoms with Gasteiger partial charge in [0.2, 0.25) is 0 Å². The lowest BCUT2D eigenvalue weighted by Crippen LogP contribution is -2.17. The average molecular weight is 184 g/mol. The molecule has 2 nitrogen and oxygen atoms in total. The van der Waals surface area contributed by atoms with Crippen LogP contribution in [0.15, 0.2) is 12.3 Å². The molecule has 0 radical (unpaired) electrons. The van der Waals surface area contributed by atoms with Crippen molar-refractivity contribution in [2.75, 3.05) is 19.8 Å². The number of allylic oxidation sites excluding steroid dienone is 1. The third-order valence-electron chi connectivity index (χ3n) is 2.36. The average Bonchev–Trinajstić information content (AvgIpc) is 2.19. The van der Waals surface area contributed by atoms with Gasteiger partial charge in [-0.05, 0) is 38.5 Å². The first-order valence-electron chi connectivity index (χ1n) is 5.24.